The van der Waals surface area contributed by atoms with Crippen molar-refractivity contribution in [3.8, 4) is 11.5 Å². The maximum atomic E-state index is 6.41. The smallest absolute Gasteiger partial charge is 0.164 e. The molecule has 1 aliphatic rings. The first kappa shape index (κ1) is 20.4. The van der Waals surface area contributed by atoms with E-state index in [0.717, 1.165) is 52.4 Å². The zero-order chi connectivity index (χ0) is 20.1. The van der Waals surface area contributed by atoms with E-state index in [4.69, 9.17) is 32.7 Å². The molecule has 1 heterocycles. The number of hydrogen-bond donors (Lipinski definition) is 1. The van der Waals surface area contributed by atoms with Gasteiger partial charge in [0.1, 0.15) is 6.61 Å². The summed E-state index contributed by atoms with van der Waals surface area (Å²) >= 11 is 12.3. The molecule has 1 aliphatic heterocycles. The van der Waals surface area contributed by atoms with E-state index in [1.165, 1.54) is 0 Å². The van der Waals surface area contributed by atoms with Gasteiger partial charge in [-0.2, -0.15) is 0 Å². The first-order valence-electron chi connectivity index (χ1n) is 9.05. The zero-order valence-electron chi connectivity index (χ0n) is 16.0. The highest BCUT2D eigenvalue weighted by Gasteiger charge is 2.23. The van der Waals surface area contributed by atoms with Gasteiger partial charge in [-0.3, -0.25) is 0 Å². The van der Waals surface area contributed by atoms with Gasteiger partial charge in [0.25, 0.3) is 0 Å². The number of hydrogen-bond acceptors (Lipinski definition) is 3. The van der Waals surface area contributed by atoms with E-state index in [-0.39, 0.29) is 0 Å². The average Bonchev–Trinajstić information content (AvgIpc) is 2.70. The van der Waals surface area contributed by atoms with Crippen molar-refractivity contribution in [2.45, 2.75) is 20.0 Å². The summed E-state index contributed by atoms with van der Waals surface area (Å²) in [5.74, 6) is 1.50. The Labute approximate surface area is 176 Å². The highest BCUT2D eigenvalue weighted by atomic mass is 35.5. The van der Waals surface area contributed by atoms with Crippen LogP contribution in [0.25, 0.3) is 5.70 Å². The van der Waals surface area contributed by atoms with Crippen molar-refractivity contribution in [1.29, 1.82) is 0 Å². The molecular formula is C23H23Cl2NO2. The van der Waals surface area contributed by atoms with Crippen LogP contribution in [0.5, 0.6) is 11.5 Å². The van der Waals surface area contributed by atoms with Crippen molar-refractivity contribution in [3.63, 3.8) is 0 Å². The van der Waals surface area contributed by atoms with Crippen LogP contribution in [0.15, 0.2) is 70.8 Å². The molecule has 0 unspecified atom stereocenters. The summed E-state index contributed by atoms with van der Waals surface area (Å²) in [6, 6.07) is 14.1. The second kappa shape index (κ2) is 9.22. The van der Waals surface area contributed by atoms with Crippen molar-refractivity contribution >= 4 is 28.9 Å². The van der Waals surface area contributed by atoms with Crippen LogP contribution < -0.4 is 14.8 Å². The van der Waals surface area contributed by atoms with Crippen molar-refractivity contribution in [2.75, 3.05) is 13.7 Å². The molecule has 0 aliphatic carbocycles. The van der Waals surface area contributed by atoms with E-state index in [1.54, 1.807) is 13.2 Å². The molecule has 0 spiro atoms. The lowest BCUT2D eigenvalue weighted by molar-refractivity contribution is 0.283. The maximum absolute atomic E-state index is 6.41. The van der Waals surface area contributed by atoms with Gasteiger partial charge in [-0.15, -0.1) is 0 Å². The van der Waals surface area contributed by atoms with Crippen LogP contribution >= 0.6 is 23.2 Å². The summed E-state index contributed by atoms with van der Waals surface area (Å²) in [5.41, 5.74) is 5.14. The van der Waals surface area contributed by atoms with Crippen LogP contribution in [-0.2, 0) is 13.0 Å². The molecule has 3 rings (SSSR count). The van der Waals surface area contributed by atoms with Crippen molar-refractivity contribution in [3.05, 3.63) is 87.4 Å². The van der Waals surface area contributed by atoms with Gasteiger partial charge in [0.2, 0.25) is 0 Å². The standard InChI is InChI=1S/C23H23Cl2NO2/c1-15(24)13-20(25)16(2)22-18-9-10-21(23(27-3)19(18)11-12-26-22)28-14-17-7-5-4-6-8-17/h4-10,13,26H,1,11-12,14H2,2-3H3/b20-13+,22-16-. The van der Waals surface area contributed by atoms with Gasteiger partial charge in [-0.1, -0.05) is 60.1 Å². The first-order chi connectivity index (χ1) is 13.5. The summed E-state index contributed by atoms with van der Waals surface area (Å²) in [6.07, 6.45) is 2.48. The molecule has 5 heteroatoms. The minimum absolute atomic E-state index is 0.392. The summed E-state index contributed by atoms with van der Waals surface area (Å²) in [5, 5.41) is 4.39. The molecule has 2 aromatic carbocycles. The number of rotatable bonds is 6. The first-order valence-corrected chi connectivity index (χ1v) is 9.80. The number of allylic oxidation sites excluding steroid dienone is 4. The van der Waals surface area contributed by atoms with Crippen molar-refractivity contribution in [2.24, 2.45) is 0 Å². The number of ether oxygens (including phenoxy) is 2. The van der Waals surface area contributed by atoms with E-state index in [9.17, 15) is 0 Å². The van der Waals surface area contributed by atoms with Crippen LogP contribution in [0.3, 0.4) is 0 Å². The fourth-order valence-electron chi connectivity index (χ4n) is 3.27. The Morgan fingerprint density at radius 3 is 2.61 bits per heavy atom. The topological polar surface area (TPSA) is 30.5 Å². The fourth-order valence-corrected chi connectivity index (χ4v) is 3.66. The Bertz CT molecular complexity index is 933. The largest absolute Gasteiger partial charge is 0.493 e. The number of nitrogens with one attached hydrogen (secondary N) is 1. The summed E-state index contributed by atoms with van der Waals surface area (Å²) in [7, 11) is 1.67. The van der Waals surface area contributed by atoms with E-state index < -0.39 is 0 Å². The third-order valence-corrected chi connectivity index (χ3v) is 5.13. The Morgan fingerprint density at radius 1 is 1.18 bits per heavy atom. The normalized spacial score (nSPS) is 15.4. The van der Waals surface area contributed by atoms with Crippen molar-refractivity contribution < 1.29 is 9.47 Å². The predicted octanol–water partition coefficient (Wildman–Crippen LogP) is 6.03. The lowest BCUT2D eigenvalue weighted by Gasteiger charge is -2.26. The second-order valence-electron chi connectivity index (χ2n) is 6.51. The maximum Gasteiger partial charge on any atom is 0.164 e. The van der Waals surface area contributed by atoms with Gasteiger partial charge in [0, 0.05) is 33.4 Å². The third-order valence-electron chi connectivity index (χ3n) is 4.63. The average molecular weight is 416 g/mol. The molecule has 2 aromatic rings. The number of methoxy groups -OCH3 is 1. The Kier molecular flexibility index (Phi) is 6.71. The number of halogens is 2. The minimum atomic E-state index is 0.392. The lowest BCUT2D eigenvalue weighted by Crippen LogP contribution is -2.24. The zero-order valence-corrected chi connectivity index (χ0v) is 17.5. The van der Waals surface area contributed by atoms with Crippen molar-refractivity contribution in [1.82, 2.24) is 5.32 Å². The predicted molar refractivity (Wildman–Crippen MR) is 117 cm³/mol. The van der Waals surface area contributed by atoms with E-state index in [1.807, 2.05) is 49.4 Å². The van der Waals surface area contributed by atoms with Crippen LogP contribution in [0, 0.1) is 0 Å². The summed E-state index contributed by atoms with van der Waals surface area (Å²) < 4.78 is 11.8. The van der Waals surface area contributed by atoms with Gasteiger partial charge in [0.05, 0.1) is 7.11 Å². The molecule has 0 saturated carbocycles. The van der Waals surface area contributed by atoms with Gasteiger partial charge in [-0.05, 0) is 42.7 Å². The molecule has 0 amide bonds. The third kappa shape index (κ3) is 4.54. The van der Waals surface area contributed by atoms with Gasteiger partial charge >= 0.3 is 0 Å². The molecule has 3 nitrogen and oxygen atoms in total. The second-order valence-corrected chi connectivity index (χ2v) is 7.41. The molecule has 0 fully saturated rings. The van der Waals surface area contributed by atoms with Crippen LogP contribution in [0.4, 0.5) is 0 Å². The highest BCUT2D eigenvalue weighted by Crippen LogP contribution is 2.40. The number of fused-ring (bicyclic) bond motifs is 1. The quantitative estimate of drug-likeness (QED) is 0.584. The Balaban J connectivity index is 1.97. The Morgan fingerprint density at radius 2 is 1.93 bits per heavy atom. The molecule has 0 aromatic heterocycles. The van der Waals surface area contributed by atoms with Crippen LogP contribution in [0.1, 0.15) is 23.6 Å². The van der Waals surface area contributed by atoms with E-state index >= 15 is 0 Å². The van der Waals surface area contributed by atoms with Gasteiger partial charge in [0.15, 0.2) is 11.5 Å². The monoisotopic (exact) mass is 415 g/mol. The number of benzene rings is 2. The fraction of sp³-hybridized carbons (Fsp3) is 0.217. The highest BCUT2D eigenvalue weighted by molar-refractivity contribution is 6.36. The molecular weight excluding hydrogens is 393 g/mol. The SMILES string of the molecule is C=C(Cl)/C=C(Cl)\C(C)=C1/NCCc2c1ccc(OCc1ccccc1)c2OC. The molecule has 0 radical (unpaired) electrons. The molecule has 146 valence electrons. The molecule has 0 atom stereocenters. The molecule has 0 bridgehead atoms. The molecule has 1 N–H and O–H groups in total. The van der Waals surface area contributed by atoms with Gasteiger partial charge in [-0.25, -0.2) is 0 Å². The van der Waals surface area contributed by atoms with E-state index in [2.05, 4.69) is 11.9 Å². The Hall–Kier alpha value is -2.36. The van der Waals surface area contributed by atoms with Crippen LogP contribution in [0.2, 0.25) is 0 Å². The van der Waals surface area contributed by atoms with Gasteiger partial charge < -0.3 is 14.8 Å². The molecule has 28 heavy (non-hydrogen) atoms. The summed E-state index contributed by atoms with van der Waals surface area (Å²) in [6.45, 7) is 6.91. The lowest BCUT2D eigenvalue weighted by atomic mass is 9.94. The van der Waals surface area contributed by atoms with Crippen LogP contribution in [-0.4, -0.2) is 13.7 Å². The summed E-state index contributed by atoms with van der Waals surface area (Å²) in [4.78, 5) is 0. The minimum Gasteiger partial charge on any atom is -0.493 e. The molecule has 0 saturated heterocycles. The van der Waals surface area contributed by atoms with E-state index in [0.29, 0.717) is 16.7 Å².